The predicted octanol–water partition coefficient (Wildman–Crippen LogP) is 2.73. The summed E-state index contributed by atoms with van der Waals surface area (Å²) in [6, 6.07) is 2.60. The number of urea groups is 1. The van der Waals surface area contributed by atoms with E-state index in [0.717, 1.165) is 12.1 Å². The number of hydrogen-bond acceptors (Lipinski definition) is 2. The smallest absolute Gasteiger partial charge is 0.319 e. The molecule has 2 amide bonds. The maximum Gasteiger partial charge on any atom is 0.319 e. The van der Waals surface area contributed by atoms with Crippen LogP contribution in [0.15, 0.2) is 18.2 Å². The molecule has 0 aliphatic heterocycles. The lowest BCUT2D eigenvalue weighted by Crippen LogP contribution is -2.30. The number of carboxylic acid groups (broad SMARTS) is 1. The first kappa shape index (κ1) is 15.9. The number of carboxylic acids is 1. The standard InChI is InChI=1S/C13H16F2N2O3/c14-9-5-4-6-10(15)12(9)17-13(20)16-8-3-1-2-7-11(18)19/h4-6H,1-3,7-8H2,(H,18,19)(H2,16,17,20). The van der Waals surface area contributed by atoms with Crippen molar-refractivity contribution < 1.29 is 23.5 Å². The highest BCUT2D eigenvalue weighted by Gasteiger charge is 2.10. The average Bonchev–Trinajstić information content (AvgIpc) is 2.38. The summed E-state index contributed by atoms with van der Waals surface area (Å²) in [4.78, 5) is 21.7. The molecular weight excluding hydrogens is 270 g/mol. The average molecular weight is 286 g/mol. The molecule has 0 fully saturated rings. The van der Waals surface area contributed by atoms with Gasteiger partial charge in [-0.25, -0.2) is 13.6 Å². The number of benzene rings is 1. The number of amides is 2. The Hall–Kier alpha value is -2.18. The number of unbranched alkanes of at least 4 members (excludes halogenated alkanes) is 2. The molecule has 0 aliphatic rings. The zero-order valence-corrected chi connectivity index (χ0v) is 10.8. The van der Waals surface area contributed by atoms with E-state index in [-0.39, 0.29) is 6.42 Å². The normalized spacial score (nSPS) is 10.1. The molecule has 110 valence electrons. The van der Waals surface area contributed by atoms with Crippen molar-refractivity contribution in [2.75, 3.05) is 11.9 Å². The molecule has 20 heavy (non-hydrogen) atoms. The Morgan fingerprint density at radius 1 is 1.10 bits per heavy atom. The van der Waals surface area contributed by atoms with Crippen LogP contribution < -0.4 is 10.6 Å². The van der Waals surface area contributed by atoms with Gasteiger partial charge in [0, 0.05) is 13.0 Å². The van der Waals surface area contributed by atoms with Crippen LogP contribution in [0.2, 0.25) is 0 Å². The Morgan fingerprint density at radius 2 is 1.75 bits per heavy atom. The number of rotatable bonds is 7. The van der Waals surface area contributed by atoms with Crippen LogP contribution in [0, 0.1) is 11.6 Å². The summed E-state index contributed by atoms with van der Waals surface area (Å²) in [5.41, 5.74) is -0.490. The number of para-hydroxylation sites is 1. The Bertz CT molecular complexity index is 460. The molecule has 0 atom stereocenters. The molecule has 7 heteroatoms. The lowest BCUT2D eigenvalue weighted by atomic mass is 10.2. The number of aliphatic carboxylic acids is 1. The highest BCUT2D eigenvalue weighted by molar-refractivity contribution is 5.89. The van der Waals surface area contributed by atoms with Crippen molar-refractivity contribution in [3.8, 4) is 0 Å². The van der Waals surface area contributed by atoms with E-state index in [9.17, 15) is 18.4 Å². The molecule has 0 heterocycles. The van der Waals surface area contributed by atoms with Gasteiger partial charge in [-0.15, -0.1) is 0 Å². The maximum absolute atomic E-state index is 13.2. The SMILES string of the molecule is O=C(O)CCCCCNC(=O)Nc1c(F)cccc1F. The Labute approximate surface area is 115 Å². The van der Waals surface area contributed by atoms with Crippen molar-refractivity contribution in [1.82, 2.24) is 5.32 Å². The van der Waals surface area contributed by atoms with Crippen molar-refractivity contribution in [3.05, 3.63) is 29.8 Å². The van der Waals surface area contributed by atoms with Crippen molar-refractivity contribution in [3.63, 3.8) is 0 Å². The summed E-state index contributed by atoms with van der Waals surface area (Å²) in [6.07, 6.45) is 1.87. The third-order valence-corrected chi connectivity index (χ3v) is 2.55. The zero-order chi connectivity index (χ0) is 15.0. The number of carbonyl (C=O) groups excluding carboxylic acids is 1. The fourth-order valence-corrected chi connectivity index (χ4v) is 1.55. The molecule has 1 aromatic carbocycles. The summed E-state index contributed by atoms with van der Waals surface area (Å²) in [7, 11) is 0. The summed E-state index contributed by atoms with van der Waals surface area (Å²) in [5, 5.41) is 13.0. The van der Waals surface area contributed by atoms with Gasteiger partial charge in [-0.1, -0.05) is 12.5 Å². The number of halogens is 2. The molecule has 0 unspecified atom stereocenters. The second-order valence-electron chi connectivity index (χ2n) is 4.18. The second kappa shape index (κ2) is 8.08. The minimum Gasteiger partial charge on any atom is -0.481 e. The fourth-order valence-electron chi connectivity index (χ4n) is 1.55. The number of carbonyl (C=O) groups is 2. The van der Waals surface area contributed by atoms with Gasteiger partial charge in [-0.3, -0.25) is 4.79 Å². The third-order valence-electron chi connectivity index (χ3n) is 2.55. The van der Waals surface area contributed by atoms with Crippen LogP contribution in [0.5, 0.6) is 0 Å². The molecule has 0 bridgehead atoms. The van der Waals surface area contributed by atoms with E-state index in [0.29, 0.717) is 25.8 Å². The van der Waals surface area contributed by atoms with Gasteiger partial charge < -0.3 is 15.7 Å². The highest BCUT2D eigenvalue weighted by Crippen LogP contribution is 2.17. The quantitative estimate of drug-likeness (QED) is 0.674. The topological polar surface area (TPSA) is 78.4 Å². The molecule has 0 aromatic heterocycles. The van der Waals surface area contributed by atoms with Gasteiger partial charge in [0.15, 0.2) is 0 Å². The monoisotopic (exact) mass is 286 g/mol. The van der Waals surface area contributed by atoms with Gasteiger partial charge >= 0.3 is 12.0 Å². The Balaban J connectivity index is 2.25. The second-order valence-corrected chi connectivity index (χ2v) is 4.18. The van der Waals surface area contributed by atoms with Gasteiger partial charge in [-0.2, -0.15) is 0 Å². The zero-order valence-electron chi connectivity index (χ0n) is 10.8. The first-order valence-corrected chi connectivity index (χ1v) is 6.21. The predicted molar refractivity (Wildman–Crippen MR) is 69.5 cm³/mol. The molecule has 3 N–H and O–H groups in total. The molecule has 0 saturated carbocycles. The summed E-state index contributed by atoms with van der Waals surface area (Å²) in [6.45, 7) is 0.307. The summed E-state index contributed by atoms with van der Waals surface area (Å²) < 4.78 is 26.5. The van der Waals surface area contributed by atoms with Crippen LogP contribution >= 0.6 is 0 Å². The molecule has 0 spiro atoms. The van der Waals surface area contributed by atoms with Crippen LogP contribution in [0.25, 0.3) is 0 Å². The van der Waals surface area contributed by atoms with Crippen molar-refractivity contribution in [1.29, 1.82) is 0 Å². The Morgan fingerprint density at radius 3 is 2.35 bits per heavy atom. The molecule has 1 rings (SSSR count). The molecule has 0 aliphatic carbocycles. The number of hydrogen-bond donors (Lipinski definition) is 3. The number of nitrogens with one attached hydrogen (secondary N) is 2. The minimum absolute atomic E-state index is 0.0899. The van der Waals surface area contributed by atoms with Crippen LogP contribution in [0.1, 0.15) is 25.7 Å². The number of anilines is 1. The molecule has 0 saturated heterocycles. The highest BCUT2D eigenvalue weighted by atomic mass is 19.1. The van der Waals surface area contributed by atoms with E-state index in [4.69, 9.17) is 5.11 Å². The van der Waals surface area contributed by atoms with E-state index >= 15 is 0 Å². The molecule has 0 radical (unpaired) electrons. The largest absolute Gasteiger partial charge is 0.481 e. The fraction of sp³-hybridized carbons (Fsp3) is 0.385. The van der Waals surface area contributed by atoms with Gasteiger partial charge in [-0.05, 0) is 25.0 Å². The summed E-state index contributed by atoms with van der Waals surface area (Å²) in [5.74, 6) is -2.55. The van der Waals surface area contributed by atoms with Gasteiger partial charge in [0.05, 0.1) is 0 Å². The third kappa shape index (κ3) is 5.64. The van der Waals surface area contributed by atoms with Crippen molar-refractivity contribution in [2.24, 2.45) is 0 Å². The summed E-state index contributed by atoms with van der Waals surface area (Å²) >= 11 is 0. The minimum atomic E-state index is -0.856. The van der Waals surface area contributed by atoms with E-state index in [1.165, 1.54) is 6.07 Å². The van der Waals surface area contributed by atoms with Gasteiger partial charge in [0.25, 0.3) is 0 Å². The van der Waals surface area contributed by atoms with Crippen LogP contribution in [0.3, 0.4) is 0 Å². The maximum atomic E-state index is 13.2. The van der Waals surface area contributed by atoms with Gasteiger partial charge in [0.2, 0.25) is 0 Å². The van der Waals surface area contributed by atoms with Crippen LogP contribution in [-0.4, -0.2) is 23.7 Å². The van der Waals surface area contributed by atoms with Crippen molar-refractivity contribution in [2.45, 2.75) is 25.7 Å². The molecular formula is C13H16F2N2O3. The lowest BCUT2D eigenvalue weighted by molar-refractivity contribution is -0.137. The molecule has 5 nitrogen and oxygen atoms in total. The molecule has 1 aromatic rings. The van der Waals surface area contributed by atoms with E-state index < -0.39 is 29.3 Å². The Kier molecular flexibility index (Phi) is 6.42. The van der Waals surface area contributed by atoms with Crippen LogP contribution in [0.4, 0.5) is 19.3 Å². The van der Waals surface area contributed by atoms with Crippen molar-refractivity contribution >= 4 is 17.7 Å². The van der Waals surface area contributed by atoms with E-state index in [2.05, 4.69) is 10.6 Å². The van der Waals surface area contributed by atoms with Gasteiger partial charge in [0.1, 0.15) is 17.3 Å². The van der Waals surface area contributed by atoms with Crippen LogP contribution in [-0.2, 0) is 4.79 Å². The van der Waals surface area contributed by atoms with E-state index in [1.54, 1.807) is 0 Å². The lowest BCUT2D eigenvalue weighted by Gasteiger charge is -2.09. The first-order chi connectivity index (χ1) is 9.50. The first-order valence-electron chi connectivity index (χ1n) is 6.21. The van der Waals surface area contributed by atoms with E-state index in [1.807, 2.05) is 0 Å².